The highest BCUT2D eigenvalue weighted by Crippen LogP contribution is 2.29. The van der Waals surface area contributed by atoms with E-state index in [4.69, 9.17) is 0 Å². The highest BCUT2D eigenvalue weighted by atomic mass is 79.9. The highest BCUT2D eigenvalue weighted by molar-refractivity contribution is 9.10. The maximum Gasteiger partial charge on any atom is 0.250 e. The molecule has 3 heterocycles. The molecule has 102 valence electrons. The Balaban J connectivity index is 1.79. The van der Waals surface area contributed by atoms with Gasteiger partial charge in [0.25, 0.3) is 5.92 Å². The van der Waals surface area contributed by atoms with Gasteiger partial charge in [-0.3, -0.25) is 9.30 Å². The van der Waals surface area contributed by atoms with Crippen LogP contribution in [0.15, 0.2) is 29.1 Å². The summed E-state index contributed by atoms with van der Waals surface area (Å²) in [5.41, 5.74) is 1.95. The summed E-state index contributed by atoms with van der Waals surface area (Å²) < 4.78 is 28.9. The van der Waals surface area contributed by atoms with Crippen molar-refractivity contribution in [1.29, 1.82) is 0 Å². The average Bonchev–Trinajstić information content (AvgIpc) is 2.70. The van der Waals surface area contributed by atoms with Crippen LogP contribution in [-0.4, -0.2) is 33.3 Å². The van der Waals surface area contributed by atoms with E-state index in [0.29, 0.717) is 19.6 Å². The molecule has 1 aliphatic rings. The molecule has 19 heavy (non-hydrogen) atoms. The van der Waals surface area contributed by atoms with Crippen LogP contribution >= 0.6 is 15.9 Å². The number of likely N-dealkylation sites (tertiary alicyclic amines) is 1. The predicted molar refractivity (Wildman–Crippen MR) is 72.4 cm³/mol. The van der Waals surface area contributed by atoms with Crippen LogP contribution in [0.2, 0.25) is 0 Å². The SMILES string of the molecule is FC1(F)CCN(Cc2nc(Br)n3ccccc23)CC1. The fraction of sp³-hybridized carbons (Fsp3) is 0.462. The van der Waals surface area contributed by atoms with Crippen molar-refractivity contribution in [3.63, 3.8) is 0 Å². The van der Waals surface area contributed by atoms with Gasteiger partial charge in [-0.2, -0.15) is 0 Å². The van der Waals surface area contributed by atoms with Crippen LogP contribution < -0.4 is 0 Å². The molecule has 3 rings (SSSR count). The number of pyridine rings is 1. The van der Waals surface area contributed by atoms with Gasteiger partial charge in [-0.15, -0.1) is 0 Å². The molecule has 2 aromatic heterocycles. The van der Waals surface area contributed by atoms with Crippen LogP contribution in [0.4, 0.5) is 8.78 Å². The van der Waals surface area contributed by atoms with Crippen LogP contribution in [0.1, 0.15) is 18.5 Å². The van der Waals surface area contributed by atoms with Gasteiger partial charge in [-0.05, 0) is 28.1 Å². The number of rotatable bonds is 2. The Labute approximate surface area is 118 Å². The lowest BCUT2D eigenvalue weighted by molar-refractivity contribution is -0.0567. The zero-order valence-corrected chi connectivity index (χ0v) is 11.9. The number of hydrogen-bond donors (Lipinski definition) is 0. The fourth-order valence-electron chi connectivity index (χ4n) is 2.43. The molecule has 1 saturated heterocycles. The van der Waals surface area contributed by atoms with Gasteiger partial charge >= 0.3 is 0 Å². The van der Waals surface area contributed by atoms with E-state index in [1.807, 2.05) is 33.7 Å². The minimum absolute atomic E-state index is 0.0556. The van der Waals surface area contributed by atoms with E-state index in [1.165, 1.54) is 0 Å². The van der Waals surface area contributed by atoms with Crippen LogP contribution in [0, 0.1) is 0 Å². The second-order valence-electron chi connectivity index (χ2n) is 4.92. The first-order chi connectivity index (χ1) is 9.05. The molecule has 0 spiro atoms. The lowest BCUT2D eigenvalue weighted by atomic mass is 10.1. The van der Waals surface area contributed by atoms with E-state index in [0.717, 1.165) is 15.9 Å². The number of piperidine rings is 1. The van der Waals surface area contributed by atoms with Gasteiger partial charge in [0.05, 0.1) is 11.2 Å². The lowest BCUT2D eigenvalue weighted by Crippen LogP contribution is -2.38. The molecule has 6 heteroatoms. The Bertz CT molecular complexity index is 587. The highest BCUT2D eigenvalue weighted by Gasteiger charge is 2.34. The largest absolute Gasteiger partial charge is 0.297 e. The Morgan fingerprint density at radius 1 is 1.26 bits per heavy atom. The first-order valence-corrected chi connectivity index (χ1v) is 7.06. The molecule has 0 bridgehead atoms. The van der Waals surface area contributed by atoms with Crippen molar-refractivity contribution in [2.45, 2.75) is 25.3 Å². The summed E-state index contributed by atoms with van der Waals surface area (Å²) in [6, 6.07) is 5.88. The third-order valence-corrected chi connectivity index (χ3v) is 4.10. The third kappa shape index (κ3) is 2.65. The number of aromatic nitrogens is 2. The van der Waals surface area contributed by atoms with Crippen LogP contribution in [0.5, 0.6) is 0 Å². The second kappa shape index (κ2) is 4.83. The van der Waals surface area contributed by atoms with E-state index < -0.39 is 5.92 Å². The lowest BCUT2D eigenvalue weighted by Gasteiger charge is -2.31. The molecular formula is C13H14BrF2N3. The van der Waals surface area contributed by atoms with Crippen molar-refractivity contribution in [1.82, 2.24) is 14.3 Å². The molecule has 3 nitrogen and oxygen atoms in total. The smallest absolute Gasteiger partial charge is 0.250 e. The quantitative estimate of drug-likeness (QED) is 0.842. The van der Waals surface area contributed by atoms with Gasteiger partial charge < -0.3 is 0 Å². The minimum Gasteiger partial charge on any atom is -0.297 e. The van der Waals surface area contributed by atoms with Gasteiger partial charge in [0, 0.05) is 38.7 Å². The van der Waals surface area contributed by atoms with Gasteiger partial charge in [0.2, 0.25) is 0 Å². The molecule has 2 aromatic rings. The van der Waals surface area contributed by atoms with Gasteiger partial charge in [-0.1, -0.05) is 6.07 Å². The molecule has 0 amide bonds. The first kappa shape index (κ1) is 13.0. The maximum atomic E-state index is 13.1. The zero-order chi connectivity index (χ0) is 13.5. The molecule has 0 saturated carbocycles. The van der Waals surface area contributed by atoms with Crippen LogP contribution in [-0.2, 0) is 6.54 Å². The summed E-state index contributed by atoms with van der Waals surface area (Å²) in [6.07, 6.45) is 1.82. The summed E-state index contributed by atoms with van der Waals surface area (Å²) in [5, 5.41) is 0. The number of hydrogen-bond acceptors (Lipinski definition) is 2. The first-order valence-electron chi connectivity index (χ1n) is 6.27. The third-order valence-electron chi connectivity index (χ3n) is 3.54. The molecule has 1 aliphatic heterocycles. The van der Waals surface area contributed by atoms with Crippen molar-refractivity contribution in [2.24, 2.45) is 0 Å². The van der Waals surface area contributed by atoms with E-state index >= 15 is 0 Å². The maximum absolute atomic E-state index is 13.1. The molecule has 0 unspecified atom stereocenters. The van der Waals surface area contributed by atoms with Gasteiger partial charge in [-0.25, -0.2) is 13.8 Å². The standard InChI is InChI=1S/C13H14BrF2N3/c14-12-17-10(11-3-1-2-6-19(11)12)9-18-7-4-13(15,16)5-8-18/h1-3,6H,4-5,7-9H2. The van der Waals surface area contributed by atoms with Crippen molar-refractivity contribution in [2.75, 3.05) is 13.1 Å². The number of halogens is 3. The number of fused-ring (bicyclic) bond motifs is 1. The Hall–Kier alpha value is -1.01. The summed E-state index contributed by atoms with van der Waals surface area (Å²) in [5.74, 6) is -2.49. The number of nitrogens with zero attached hydrogens (tertiary/aromatic N) is 3. The molecule has 1 fully saturated rings. The molecule has 0 radical (unpaired) electrons. The van der Waals surface area contributed by atoms with Crippen LogP contribution in [0.3, 0.4) is 0 Å². The van der Waals surface area contributed by atoms with E-state index in [1.54, 1.807) is 0 Å². The molecular weight excluding hydrogens is 316 g/mol. The summed E-state index contributed by atoms with van der Waals surface area (Å²) >= 11 is 3.41. The molecule has 0 atom stereocenters. The summed E-state index contributed by atoms with van der Waals surface area (Å²) in [4.78, 5) is 6.51. The molecule has 0 aromatic carbocycles. The second-order valence-corrected chi connectivity index (χ2v) is 5.62. The topological polar surface area (TPSA) is 20.5 Å². The Kier molecular flexibility index (Phi) is 3.30. The van der Waals surface area contributed by atoms with E-state index in [9.17, 15) is 8.78 Å². The van der Waals surface area contributed by atoms with E-state index in [-0.39, 0.29) is 12.8 Å². The number of alkyl halides is 2. The molecule has 0 N–H and O–H groups in total. The van der Waals surface area contributed by atoms with E-state index in [2.05, 4.69) is 20.9 Å². The summed E-state index contributed by atoms with van der Waals surface area (Å²) in [6.45, 7) is 1.47. The van der Waals surface area contributed by atoms with Crippen molar-refractivity contribution >= 4 is 21.4 Å². The van der Waals surface area contributed by atoms with Crippen LogP contribution in [0.25, 0.3) is 5.52 Å². The average molecular weight is 330 g/mol. The monoisotopic (exact) mass is 329 g/mol. The Morgan fingerprint density at radius 2 is 2.00 bits per heavy atom. The predicted octanol–water partition coefficient (Wildman–Crippen LogP) is 3.33. The van der Waals surface area contributed by atoms with Gasteiger partial charge in [0.1, 0.15) is 0 Å². The van der Waals surface area contributed by atoms with Crippen molar-refractivity contribution in [3.05, 3.63) is 34.8 Å². The van der Waals surface area contributed by atoms with Crippen molar-refractivity contribution < 1.29 is 8.78 Å². The molecule has 0 aliphatic carbocycles. The zero-order valence-electron chi connectivity index (χ0n) is 10.3. The Morgan fingerprint density at radius 3 is 2.74 bits per heavy atom. The fourth-order valence-corrected chi connectivity index (χ4v) is 2.95. The summed E-state index contributed by atoms with van der Waals surface area (Å²) in [7, 11) is 0. The normalized spacial score (nSPS) is 19.9. The minimum atomic E-state index is -2.49. The van der Waals surface area contributed by atoms with Crippen molar-refractivity contribution in [3.8, 4) is 0 Å². The van der Waals surface area contributed by atoms with Gasteiger partial charge in [0.15, 0.2) is 4.73 Å². The number of imidazole rings is 1.